The fraction of sp³-hybridized carbons (Fsp3) is 0. The number of benzene rings is 2. The molecule has 196 valence electrons. The molecule has 4 aromatic heterocycles. The van der Waals surface area contributed by atoms with Gasteiger partial charge >= 0.3 is 0 Å². The van der Waals surface area contributed by atoms with E-state index in [1.165, 1.54) is 17.8 Å². The van der Waals surface area contributed by atoms with Crippen LogP contribution in [0.3, 0.4) is 0 Å². The second-order valence-electron chi connectivity index (χ2n) is 8.16. The average Bonchev–Trinajstić information content (AvgIpc) is 3.56. The van der Waals surface area contributed by atoms with Crippen molar-refractivity contribution in [3.8, 4) is 5.82 Å². The highest BCUT2D eigenvalue weighted by molar-refractivity contribution is 7.94. The molecule has 6 rings (SSSR count). The van der Waals surface area contributed by atoms with Crippen LogP contribution in [0.1, 0.15) is 0 Å². The maximum Gasteiger partial charge on any atom is 0.273 e. The zero-order valence-electron chi connectivity index (χ0n) is 19.4. The number of nitrogens with two attached hydrogens (primary N) is 1. The fourth-order valence-electron chi connectivity index (χ4n) is 3.93. The molecule has 2 aromatic carbocycles. The molecule has 0 saturated carbocycles. The topological polar surface area (TPSA) is 141 Å². The molecule has 0 spiro atoms. The molecule has 0 aliphatic carbocycles. The van der Waals surface area contributed by atoms with Gasteiger partial charge in [0.25, 0.3) is 10.0 Å². The maximum atomic E-state index is 15.5. The van der Waals surface area contributed by atoms with Crippen molar-refractivity contribution in [2.24, 2.45) is 0 Å². The molecule has 10 nitrogen and oxygen atoms in total. The summed E-state index contributed by atoms with van der Waals surface area (Å²) in [7, 11) is -4.22. The molecule has 0 aliphatic heterocycles. The van der Waals surface area contributed by atoms with Crippen molar-refractivity contribution in [2.75, 3.05) is 15.8 Å². The molecule has 0 saturated heterocycles. The van der Waals surface area contributed by atoms with Crippen molar-refractivity contribution in [1.29, 1.82) is 0 Å². The number of thiophene rings is 1. The molecule has 0 atom stereocenters. The molecule has 0 bridgehead atoms. The monoisotopic (exact) mass is 584 g/mol. The summed E-state index contributed by atoms with van der Waals surface area (Å²) in [5.74, 6) is -1.75. The van der Waals surface area contributed by atoms with Gasteiger partial charge in [0.2, 0.25) is 0 Å². The number of pyridine rings is 1. The Morgan fingerprint density at radius 1 is 1.00 bits per heavy atom. The zero-order valence-corrected chi connectivity index (χ0v) is 21.8. The first kappa shape index (κ1) is 24.9. The van der Waals surface area contributed by atoms with Crippen LogP contribution in [0.2, 0.25) is 5.02 Å². The molecule has 0 radical (unpaired) electrons. The third-order valence-electron chi connectivity index (χ3n) is 5.73. The van der Waals surface area contributed by atoms with Gasteiger partial charge in [-0.15, -0.1) is 11.3 Å². The number of rotatable bonds is 6. The van der Waals surface area contributed by atoms with Crippen molar-refractivity contribution in [2.45, 2.75) is 4.21 Å². The van der Waals surface area contributed by atoms with Gasteiger partial charge < -0.3 is 11.1 Å². The van der Waals surface area contributed by atoms with E-state index in [4.69, 9.17) is 17.3 Å². The van der Waals surface area contributed by atoms with E-state index >= 15 is 4.39 Å². The van der Waals surface area contributed by atoms with Gasteiger partial charge in [0.15, 0.2) is 15.8 Å². The van der Waals surface area contributed by atoms with Gasteiger partial charge in [-0.05, 0) is 47.8 Å². The predicted octanol–water partition coefficient (Wildman–Crippen LogP) is 5.48. The predicted molar refractivity (Wildman–Crippen MR) is 146 cm³/mol. The van der Waals surface area contributed by atoms with Crippen molar-refractivity contribution >= 4 is 77.9 Å². The molecule has 6 aromatic rings. The van der Waals surface area contributed by atoms with Gasteiger partial charge in [-0.2, -0.15) is 0 Å². The third kappa shape index (κ3) is 4.37. The molecule has 4 heterocycles. The first-order chi connectivity index (χ1) is 18.7. The Morgan fingerprint density at radius 3 is 2.64 bits per heavy atom. The minimum atomic E-state index is -4.22. The number of fused-ring (bicyclic) bond motifs is 2. The Balaban J connectivity index is 1.40. The number of nitrogens with zero attached hydrogens (tertiary/aromatic N) is 5. The standard InChI is InChI=1S/C24H15ClF2N8O2S2/c25-12-8-9-38-24(12)39(36,37)34-15-5-4-13(26)20(19(15)27)33-23-22-16(29-10-30-23)6-7-18(32-22)35-11-31-21-14(28)2-1-3-17(21)35/h1-11,34H,28H2,(H,29,30,33). The van der Waals surface area contributed by atoms with Gasteiger partial charge in [0, 0.05) is 0 Å². The van der Waals surface area contributed by atoms with E-state index in [0.29, 0.717) is 28.1 Å². The second kappa shape index (κ2) is 9.41. The number of aromatic nitrogens is 5. The lowest BCUT2D eigenvalue weighted by atomic mass is 10.2. The van der Waals surface area contributed by atoms with Crippen LogP contribution in [0.5, 0.6) is 0 Å². The SMILES string of the molecule is Nc1cccc2c1ncn2-c1ccc2ncnc(Nc3c(F)ccc(NS(=O)(=O)c4sccc4Cl)c3F)c2n1. The number of para-hydroxylation sites is 1. The summed E-state index contributed by atoms with van der Waals surface area (Å²) in [5, 5.41) is 4.07. The molecule has 0 amide bonds. The first-order valence-corrected chi connectivity index (χ1v) is 13.8. The number of hydrogen-bond donors (Lipinski definition) is 3. The molecular formula is C24H15ClF2N8O2S2. The summed E-state index contributed by atoms with van der Waals surface area (Å²) in [6.07, 6.45) is 2.77. The Morgan fingerprint density at radius 2 is 1.85 bits per heavy atom. The molecule has 0 fully saturated rings. The van der Waals surface area contributed by atoms with Crippen molar-refractivity contribution in [3.63, 3.8) is 0 Å². The van der Waals surface area contributed by atoms with Crippen molar-refractivity contribution < 1.29 is 17.2 Å². The molecular weight excluding hydrogens is 570 g/mol. The Hall–Kier alpha value is -4.40. The van der Waals surface area contributed by atoms with Crippen LogP contribution >= 0.6 is 22.9 Å². The van der Waals surface area contributed by atoms with Crippen molar-refractivity contribution in [3.05, 3.63) is 83.2 Å². The summed E-state index contributed by atoms with van der Waals surface area (Å²) in [5.41, 5.74) is 7.28. The molecule has 4 N–H and O–H groups in total. The number of halogens is 3. The Labute approximate surface area is 228 Å². The number of anilines is 4. The van der Waals surface area contributed by atoms with Gasteiger partial charge in [0.1, 0.15) is 41.0 Å². The number of sulfonamides is 1. The second-order valence-corrected chi connectivity index (χ2v) is 11.4. The van der Waals surface area contributed by atoms with Crippen LogP contribution in [0.15, 0.2) is 70.8 Å². The average molecular weight is 585 g/mol. The maximum absolute atomic E-state index is 15.5. The van der Waals surface area contributed by atoms with E-state index < -0.39 is 33.0 Å². The summed E-state index contributed by atoms with van der Waals surface area (Å²) in [6, 6.07) is 12.0. The van der Waals surface area contributed by atoms with E-state index in [1.807, 2.05) is 6.07 Å². The zero-order chi connectivity index (χ0) is 27.3. The van der Waals surface area contributed by atoms with E-state index in [0.717, 1.165) is 23.5 Å². The normalized spacial score (nSPS) is 11.8. The van der Waals surface area contributed by atoms with Crippen LogP contribution in [0.25, 0.3) is 27.9 Å². The quantitative estimate of drug-likeness (QED) is 0.218. The number of nitrogen functional groups attached to an aromatic ring is 1. The van der Waals surface area contributed by atoms with E-state index in [-0.39, 0.29) is 20.6 Å². The van der Waals surface area contributed by atoms with Crippen LogP contribution in [0, 0.1) is 11.6 Å². The molecule has 39 heavy (non-hydrogen) atoms. The Kier molecular flexibility index (Phi) is 6.01. The minimum absolute atomic E-state index is 0.00936. The van der Waals surface area contributed by atoms with Crippen LogP contribution in [-0.2, 0) is 10.0 Å². The van der Waals surface area contributed by atoms with Gasteiger partial charge in [0.05, 0.1) is 27.4 Å². The summed E-state index contributed by atoms with van der Waals surface area (Å²) >= 11 is 6.79. The van der Waals surface area contributed by atoms with Crippen LogP contribution in [0.4, 0.5) is 31.7 Å². The molecule has 15 heteroatoms. The largest absolute Gasteiger partial charge is 0.397 e. The van der Waals surface area contributed by atoms with E-state index in [9.17, 15) is 12.8 Å². The Bertz CT molecular complexity index is 2010. The van der Waals surface area contributed by atoms with Crippen LogP contribution in [-0.4, -0.2) is 32.9 Å². The fourth-order valence-corrected chi connectivity index (χ4v) is 6.67. The smallest absolute Gasteiger partial charge is 0.273 e. The van der Waals surface area contributed by atoms with Gasteiger partial charge in [-0.25, -0.2) is 37.1 Å². The minimum Gasteiger partial charge on any atom is -0.397 e. The highest BCUT2D eigenvalue weighted by Gasteiger charge is 2.24. The summed E-state index contributed by atoms with van der Waals surface area (Å²) in [4.78, 5) is 17.2. The summed E-state index contributed by atoms with van der Waals surface area (Å²) in [6.45, 7) is 0. The lowest BCUT2D eigenvalue weighted by Crippen LogP contribution is -2.14. The first-order valence-electron chi connectivity index (χ1n) is 11.1. The molecule has 0 aliphatic rings. The van der Waals surface area contributed by atoms with E-state index in [1.54, 1.807) is 35.2 Å². The van der Waals surface area contributed by atoms with Gasteiger partial charge in [-0.1, -0.05) is 17.7 Å². The highest BCUT2D eigenvalue weighted by Crippen LogP contribution is 2.34. The highest BCUT2D eigenvalue weighted by atomic mass is 35.5. The summed E-state index contributed by atoms with van der Waals surface area (Å²) < 4.78 is 59.3. The number of nitrogens with one attached hydrogen (secondary N) is 2. The van der Waals surface area contributed by atoms with E-state index in [2.05, 4.69) is 30.0 Å². The van der Waals surface area contributed by atoms with Crippen LogP contribution < -0.4 is 15.8 Å². The number of hydrogen-bond acceptors (Lipinski definition) is 9. The molecule has 0 unspecified atom stereocenters. The van der Waals surface area contributed by atoms with Crippen molar-refractivity contribution in [1.82, 2.24) is 24.5 Å². The van der Waals surface area contributed by atoms with Gasteiger partial charge in [-0.3, -0.25) is 9.29 Å². The lowest BCUT2D eigenvalue weighted by molar-refractivity contribution is 0.589. The lowest BCUT2D eigenvalue weighted by Gasteiger charge is -2.14. The third-order valence-corrected chi connectivity index (χ3v) is 9.12. The number of imidazole rings is 1.